The van der Waals surface area contributed by atoms with Gasteiger partial charge in [-0.3, -0.25) is 0 Å². The lowest BCUT2D eigenvalue weighted by Gasteiger charge is -2.10. The second kappa shape index (κ2) is 8.40. The highest BCUT2D eigenvalue weighted by molar-refractivity contribution is 6.39. The van der Waals surface area contributed by atoms with Gasteiger partial charge in [-0.25, -0.2) is 4.79 Å². The fourth-order valence-electron chi connectivity index (χ4n) is 2.41. The van der Waals surface area contributed by atoms with E-state index in [1.165, 1.54) is 0 Å². The first-order chi connectivity index (χ1) is 12.9. The van der Waals surface area contributed by atoms with Crippen molar-refractivity contribution in [1.82, 2.24) is 10.5 Å². The Labute approximate surface area is 175 Å². The lowest BCUT2D eigenvalue weighted by atomic mass is 10.1. The molecular formula is C18H13Cl4N3O2. The Morgan fingerprint density at radius 1 is 1.07 bits per heavy atom. The van der Waals surface area contributed by atoms with Crippen molar-refractivity contribution in [2.45, 2.75) is 13.5 Å². The lowest BCUT2D eigenvalue weighted by Crippen LogP contribution is -2.28. The van der Waals surface area contributed by atoms with Gasteiger partial charge in [-0.1, -0.05) is 63.7 Å². The van der Waals surface area contributed by atoms with Crippen LogP contribution in [0, 0.1) is 6.92 Å². The molecule has 3 aromatic rings. The maximum absolute atomic E-state index is 12.3. The summed E-state index contributed by atoms with van der Waals surface area (Å²) in [6, 6.07) is 9.67. The number of amides is 2. The summed E-state index contributed by atoms with van der Waals surface area (Å²) in [5.41, 5.74) is 1.94. The third kappa shape index (κ3) is 4.50. The molecule has 0 radical (unpaired) electrons. The first-order valence-corrected chi connectivity index (χ1v) is 9.27. The monoisotopic (exact) mass is 443 g/mol. The molecule has 3 rings (SSSR count). The highest BCUT2D eigenvalue weighted by Crippen LogP contribution is 2.39. The van der Waals surface area contributed by atoms with Gasteiger partial charge in [0, 0.05) is 22.2 Å². The van der Waals surface area contributed by atoms with E-state index in [4.69, 9.17) is 50.9 Å². The van der Waals surface area contributed by atoms with Crippen molar-refractivity contribution in [3.8, 4) is 11.3 Å². The van der Waals surface area contributed by atoms with E-state index in [1.54, 1.807) is 43.3 Å². The van der Waals surface area contributed by atoms with Crippen molar-refractivity contribution in [3.05, 3.63) is 67.8 Å². The Bertz CT molecular complexity index is 984. The second-order valence-electron chi connectivity index (χ2n) is 5.60. The minimum Gasteiger partial charge on any atom is -0.359 e. The van der Waals surface area contributed by atoms with Gasteiger partial charge in [0.15, 0.2) is 5.76 Å². The molecule has 2 N–H and O–H groups in total. The molecule has 9 heteroatoms. The minimum absolute atomic E-state index is 0.217. The molecule has 0 aliphatic rings. The van der Waals surface area contributed by atoms with Crippen LogP contribution in [0.15, 0.2) is 40.9 Å². The maximum atomic E-state index is 12.3. The van der Waals surface area contributed by atoms with Crippen molar-refractivity contribution in [3.63, 3.8) is 0 Å². The van der Waals surface area contributed by atoms with Gasteiger partial charge in [0.25, 0.3) is 0 Å². The zero-order valence-electron chi connectivity index (χ0n) is 13.9. The number of carbonyl (C=O) groups is 1. The highest BCUT2D eigenvalue weighted by Gasteiger charge is 2.21. The van der Waals surface area contributed by atoms with E-state index in [-0.39, 0.29) is 6.54 Å². The molecule has 0 aliphatic carbocycles. The predicted octanol–water partition coefficient (Wildman–Crippen LogP) is 6.59. The average molecular weight is 445 g/mol. The zero-order valence-corrected chi connectivity index (χ0v) is 17.0. The van der Waals surface area contributed by atoms with Gasteiger partial charge in [-0.05, 0) is 36.8 Å². The number of hydrogen-bond donors (Lipinski definition) is 2. The lowest BCUT2D eigenvalue weighted by molar-refractivity contribution is 0.251. The van der Waals surface area contributed by atoms with Crippen LogP contribution < -0.4 is 10.6 Å². The van der Waals surface area contributed by atoms with E-state index < -0.39 is 6.03 Å². The number of halogens is 4. The van der Waals surface area contributed by atoms with Crippen LogP contribution in [0.25, 0.3) is 11.3 Å². The van der Waals surface area contributed by atoms with Crippen LogP contribution in [0.4, 0.5) is 10.5 Å². The smallest absolute Gasteiger partial charge is 0.319 e. The molecule has 0 fully saturated rings. The maximum Gasteiger partial charge on any atom is 0.319 e. The molecule has 0 spiro atoms. The summed E-state index contributed by atoms with van der Waals surface area (Å²) < 4.78 is 5.21. The molecule has 1 aromatic heterocycles. The Morgan fingerprint density at radius 3 is 2.44 bits per heavy atom. The highest BCUT2D eigenvalue weighted by atomic mass is 35.5. The van der Waals surface area contributed by atoms with Crippen LogP contribution in [0.1, 0.15) is 11.3 Å². The number of anilines is 1. The van der Waals surface area contributed by atoms with E-state index in [0.717, 1.165) is 5.56 Å². The number of rotatable bonds is 4. The van der Waals surface area contributed by atoms with E-state index in [9.17, 15) is 4.79 Å². The fraction of sp³-hybridized carbons (Fsp3) is 0.111. The molecule has 0 saturated carbocycles. The number of benzene rings is 2. The van der Waals surface area contributed by atoms with Crippen molar-refractivity contribution < 1.29 is 9.32 Å². The Hall–Kier alpha value is -1.92. The fourth-order valence-corrected chi connectivity index (χ4v) is 3.46. The van der Waals surface area contributed by atoms with Gasteiger partial charge in [0.2, 0.25) is 0 Å². The first kappa shape index (κ1) is 19.8. The summed E-state index contributed by atoms with van der Waals surface area (Å²) in [6.45, 7) is 1.89. The number of carbonyl (C=O) groups excluding carboxylic acids is 1. The van der Waals surface area contributed by atoms with Gasteiger partial charge >= 0.3 is 6.03 Å². The zero-order chi connectivity index (χ0) is 19.6. The third-order valence-electron chi connectivity index (χ3n) is 3.76. The molecule has 0 unspecified atom stereocenters. The Morgan fingerprint density at radius 2 is 1.78 bits per heavy atom. The van der Waals surface area contributed by atoms with Crippen molar-refractivity contribution in [1.29, 1.82) is 0 Å². The molecule has 0 aliphatic heterocycles. The number of urea groups is 1. The van der Waals surface area contributed by atoms with Crippen LogP contribution in [-0.4, -0.2) is 11.2 Å². The van der Waals surface area contributed by atoms with Crippen LogP contribution in [-0.2, 0) is 6.54 Å². The van der Waals surface area contributed by atoms with Crippen LogP contribution in [0.2, 0.25) is 20.1 Å². The topological polar surface area (TPSA) is 67.2 Å². The van der Waals surface area contributed by atoms with E-state index in [1.807, 2.05) is 0 Å². The van der Waals surface area contributed by atoms with Gasteiger partial charge in [-0.15, -0.1) is 0 Å². The van der Waals surface area contributed by atoms with Gasteiger partial charge in [0.1, 0.15) is 11.4 Å². The van der Waals surface area contributed by atoms with Gasteiger partial charge in [0.05, 0.1) is 10.0 Å². The molecule has 2 amide bonds. The third-order valence-corrected chi connectivity index (χ3v) is 4.97. The average Bonchev–Trinajstić information content (AvgIpc) is 2.95. The number of aryl methyl sites for hydroxylation is 1. The molecular weight excluding hydrogens is 432 g/mol. The number of nitrogens with zero attached hydrogens (tertiary/aromatic N) is 1. The molecule has 5 nitrogen and oxygen atoms in total. The molecule has 2 aromatic carbocycles. The van der Waals surface area contributed by atoms with Crippen molar-refractivity contribution in [2.24, 2.45) is 0 Å². The molecule has 140 valence electrons. The molecule has 0 saturated heterocycles. The molecule has 1 heterocycles. The van der Waals surface area contributed by atoms with E-state index >= 15 is 0 Å². The summed E-state index contributed by atoms with van der Waals surface area (Å²) >= 11 is 24.4. The summed E-state index contributed by atoms with van der Waals surface area (Å²) in [4.78, 5) is 12.3. The normalized spacial score (nSPS) is 10.7. The number of aromatic nitrogens is 1. The van der Waals surface area contributed by atoms with Gasteiger partial charge in [-0.2, -0.15) is 0 Å². The Balaban J connectivity index is 1.78. The van der Waals surface area contributed by atoms with Crippen LogP contribution in [0.5, 0.6) is 0 Å². The largest absolute Gasteiger partial charge is 0.359 e. The van der Waals surface area contributed by atoms with Crippen LogP contribution >= 0.6 is 46.4 Å². The van der Waals surface area contributed by atoms with Crippen LogP contribution in [0.3, 0.4) is 0 Å². The number of hydrogen-bond acceptors (Lipinski definition) is 3. The summed E-state index contributed by atoms with van der Waals surface area (Å²) in [5, 5.41) is 11.2. The van der Waals surface area contributed by atoms with Crippen molar-refractivity contribution >= 4 is 58.1 Å². The summed E-state index contributed by atoms with van der Waals surface area (Å²) in [5.74, 6) is 0.417. The molecule has 0 bridgehead atoms. The summed E-state index contributed by atoms with van der Waals surface area (Å²) in [6.07, 6.45) is 0. The minimum atomic E-state index is -0.461. The Kier molecular flexibility index (Phi) is 6.17. The summed E-state index contributed by atoms with van der Waals surface area (Å²) in [7, 11) is 0. The quantitative estimate of drug-likeness (QED) is 0.477. The standard InChI is InChI=1S/C18H13Cl4N3O2/c1-9-16(17(25-27-9)15-12(20)3-2-4-13(15)21)24-18(26)23-8-10-5-6-11(19)7-14(10)22/h2-7H,8H2,1H3,(H2,23,24,26). The molecule has 0 atom stereocenters. The predicted molar refractivity (Wildman–Crippen MR) is 109 cm³/mol. The van der Waals surface area contributed by atoms with Gasteiger partial charge < -0.3 is 15.2 Å². The molecule has 27 heavy (non-hydrogen) atoms. The van der Waals surface area contributed by atoms with E-state index in [0.29, 0.717) is 42.8 Å². The first-order valence-electron chi connectivity index (χ1n) is 7.76. The number of nitrogens with one attached hydrogen (secondary N) is 2. The SMILES string of the molecule is Cc1onc(-c2c(Cl)cccc2Cl)c1NC(=O)NCc1ccc(Cl)cc1Cl. The van der Waals surface area contributed by atoms with Crippen molar-refractivity contribution in [2.75, 3.05) is 5.32 Å². The second-order valence-corrected chi connectivity index (χ2v) is 7.26. The van der Waals surface area contributed by atoms with E-state index in [2.05, 4.69) is 15.8 Å².